The second-order valence-corrected chi connectivity index (χ2v) is 9.97. The lowest BCUT2D eigenvalue weighted by Gasteiger charge is -2.18. The Labute approximate surface area is 228 Å². The second-order valence-electron chi connectivity index (χ2n) is 9.97. The van der Waals surface area contributed by atoms with E-state index in [0.29, 0.717) is 0 Å². The smallest absolute Gasteiger partial charge is 0.0273 e. The summed E-state index contributed by atoms with van der Waals surface area (Å²) in [5.41, 5.74) is 11.0. The third-order valence-electron chi connectivity index (χ3n) is 7.55. The first-order chi connectivity index (χ1) is 19.3. The molecule has 0 radical (unpaired) electrons. The molecule has 0 atom stereocenters. The van der Waals surface area contributed by atoms with Crippen LogP contribution in [0, 0.1) is 6.92 Å². The highest BCUT2D eigenvalue weighted by Gasteiger charge is 2.17. The van der Waals surface area contributed by atoms with Gasteiger partial charge in [0.25, 0.3) is 0 Å². The molecule has 2 heterocycles. The van der Waals surface area contributed by atoms with Crippen molar-refractivity contribution in [3.8, 4) is 44.5 Å². The van der Waals surface area contributed by atoms with E-state index in [1.165, 1.54) is 71.6 Å². The van der Waals surface area contributed by atoms with Gasteiger partial charge < -0.3 is 0 Å². The number of hydrogen-bond donors (Lipinski definition) is 0. The van der Waals surface area contributed by atoms with Crippen molar-refractivity contribution >= 4 is 21.5 Å². The summed E-state index contributed by atoms with van der Waals surface area (Å²) < 4.78 is 0. The van der Waals surface area contributed by atoms with E-state index in [1.807, 2.05) is 24.8 Å². The molecule has 0 spiro atoms. The van der Waals surface area contributed by atoms with Gasteiger partial charge in [0.15, 0.2) is 0 Å². The minimum Gasteiger partial charge on any atom is -0.265 e. The molecular weight excluding hydrogens is 472 g/mol. The zero-order chi connectivity index (χ0) is 26.2. The average molecular weight is 499 g/mol. The Kier molecular flexibility index (Phi) is 5.71. The van der Waals surface area contributed by atoms with E-state index in [0.717, 1.165) is 0 Å². The molecule has 0 bridgehead atoms. The Morgan fingerprint density at radius 1 is 0.359 bits per heavy atom. The van der Waals surface area contributed by atoms with Crippen LogP contribution in [0.4, 0.5) is 0 Å². The van der Waals surface area contributed by atoms with Gasteiger partial charge in [-0.1, -0.05) is 96.6 Å². The second kappa shape index (κ2) is 9.66. The maximum Gasteiger partial charge on any atom is 0.0273 e. The van der Waals surface area contributed by atoms with Gasteiger partial charge in [0.2, 0.25) is 0 Å². The number of aromatic nitrogens is 2. The predicted octanol–water partition coefficient (Wildman–Crippen LogP) is 9.76. The van der Waals surface area contributed by atoms with Crippen molar-refractivity contribution < 1.29 is 0 Å². The Morgan fingerprint density at radius 3 is 1.23 bits per heavy atom. The van der Waals surface area contributed by atoms with Crippen molar-refractivity contribution in [2.45, 2.75) is 6.92 Å². The minimum atomic E-state index is 1.17. The van der Waals surface area contributed by atoms with Gasteiger partial charge in [-0.15, -0.1) is 0 Å². The van der Waals surface area contributed by atoms with Crippen LogP contribution >= 0.6 is 0 Å². The molecular formula is C37H26N2. The van der Waals surface area contributed by atoms with Crippen LogP contribution in [0.15, 0.2) is 140 Å². The summed E-state index contributed by atoms with van der Waals surface area (Å²) in [5.74, 6) is 0. The number of nitrogens with zero attached hydrogens (tertiary/aromatic N) is 2. The van der Waals surface area contributed by atoms with Crippen molar-refractivity contribution in [1.82, 2.24) is 9.97 Å². The quantitative estimate of drug-likeness (QED) is 0.226. The fourth-order valence-corrected chi connectivity index (χ4v) is 5.66. The Morgan fingerprint density at radius 2 is 0.744 bits per heavy atom. The molecule has 5 aromatic carbocycles. The largest absolute Gasteiger partial charge is 0.265 e. The third kappa shape index (κ3) is 4.17. The lowest BCUT2D eigenvalue weighted by atomic mass is 9.85. The molecule has 0 aliphatic carbocycles. The van der Waals surface area contributed by atoms with E-state index in [-0.39, 0.29) is 0 Å². The van der Waals surface area contributed by atoms with Gasteiger partial charge in [-0.2, -0.15) is 0 Å². The molecule has 184 valence electrons. The number of pyridine rings is 2. The maximum absolute atomic E-state index is 4.16. The molecule has 0 amide bonds. The summed E-state index contributed by atoms with van der Waals surface area (Å²) in [4.78, 5) is 8.33. The fraction of sp³-hybridized carbons (Fsp3) is 0.0270. The summed E-state index contributed by atoms with van der Waals surface area (Å²) in [6, 6.07) is 41.7. The summed E-state index contributed by atoms with van der Waals surface area (Å²) in [6.45, 7) is 2.17. The van der Waals surface area contributed by atoms with Gasteiger partial charge >= 0.3 is 0 Å². The molecule has 0 N–H and O–H groups in total. The molecule has 0 fully saturated rings. The molecule has 2 nitrogen and oxygen atoms in total. The zero-order valence-electron chi connectivity index (χ0n) is 21.7. The minimum absolute atomic E-state index is 1.17. The van der Waals surface area contributed by atoms with Crippen LogP contribution in [0.3, 0.4) is 0 Å². The SMILES string of the molecule is Cc1ccc2c(-c3ccc(-c4ccncc4)cc3)c3ccccc3c(-c3ccc(-c4ccncc4)cc3)c2c1. The number of hydrogen-bond acceptors (Lipinski definition) is 2. The van der Waals surface area contributed by atoms with Gasteiger partial charge in [0.05, 0.1) is 0 Å². The molecule has 2 aromatic heterocycles. The maximum atomic E-state index is 4.16. The van der Waals surface area contributed by atoms with E-state index < -0.39 is 0 Å². The number of rotatable bonds is 4. The van der Waals surface area contributed by atoms with Crippen LogP contribution in [0.25, 0.3) is 66.1 Å². The molecule has 0 aliphatic heterocycles. The third-order valence-corrected chi connectivity index (χ3v) is 7.55. The van der Waals surface area contributed by atoms with Crippen LogP contribution < -0.4 is 0 Å². The van der Waals surface area contributed by atoms with E-state index in [2.05, 4.69) is 132 Å². The normalized spacial score (nSPS) is 11.2. The molecule has 0 saturated carbocycles. The number of fused-ring (bicyclic) bond motifs is 2. The van der Waals surface area contributed by atoms with Crippen LogP contribution in [0.2, 0.25) is 0 Å². The zero-order valence-corrected chi connectivity index (χ0v) is 21.7. The molecule has 0 unspecified atom stereocenters. The Bertz CT molecular complexity index is 1920. The first kappa shape index (κ1) is 23.1. The lowest BCUT2D eigenvalue weighted by molar-refractivity contribution is 1.33. The van der Waals surface area contributed by atoms with Crippen molar-refractivity contribution in [2.24, 2.45) is 0 Å². The first-order valence-corrected chi connectivity index (χ1v) is 13.2. The highest BCUT2D eigenvalue weighted by Crippen LogP contribution is 2.44. The van der Waals surface area contributed by atoms with Crippen LogP contribution in [0.1, 0.15) is 5.56 Å². The predicted molar refractivity (Wildman–Crippen MR) is 164 cm³/mol. The first-order valence-electron chi connectivity index (χ1n) is 13.2. The van der Waals surface area contributed by atoms with E-state index in [9.17, 15) is 0 Å². The van der Waals surface area contributed by atoms with Crippen LogP contribution in [-0.4, -0.2) is 9.97 Å². The molecule has 7 aromatic rings. The average Bonchev–Trinajstić information content (AvgIpc) is 3.01. The number of aryl methyl sites for hydroxylation is 1. The molecule has 2 heteroatoms. The highest BCUT2D eigenvalue weighted by molar-refractivity contribution is 6.21. The number of benzene rings is 5. The van der Waals surface area contributed by atoms with Crippen molar-refractivity contribution in [3.63, 3.8) is 0 Å². The standard InChI is InChI=1S/C37H26N2/c1-25-6-15-34-35(24-25)37(31-13-9-27(10-14-31)29-18-22-39-23-19-29)33-5-3-2-4-32(33)36(34)30-11-7-26(8-12-30)28-16-20-38-21-17-28/h2-24H,1H3. The van der Waals surface area contributed by atoms with E-state index in [4.69, 9.17) is 0 Å². The van der Waals surface area contributed by atoms with E-state index in [1.54, 1.807) is 0 Å². The summed E-state index contributed by atoms with van der Waals surface area (Å²) in [7, 11) is 0. The molecule has 39 heavy (non-hydrogen) atoms. The van der Waals surface area contributed by atoms with Crippen molar-refractivity contribution in [1.29, 1.82) is 0 Å². The molecule has 7 rings (SSSR count). The van der Waals surface area contributed by atoms with Crippen LogP contribution in [-0.2, 0) is 0 Å². The fourth-order valence-electron chi connectivity index (χ4n) is 5.66. The summed E-state index contributed by atoms with van der Waals surface area (Å²) in [6.07, 6.45) is 7.37. The lowest BCUT2D eigenvalue weighted by Crippen LogP contribution is -1.92. The van der Waals surface area contributed by atoms with Crippen LogP contribution in [0.5, 0.6) is 0 Å². The van der Waals surface area contributed by atoms with Gasteiger partial charge in [0, 0.05) is 24.8 Å². The van der Waals surface area contributed by atoms with Gasteiger partial charge in [0.1, 0.15) is 0 Å². The van der Waals surface area contributed by atoms with Gasteiger partial charge in [-0.3, -0.25) is 9.97 Å². The van der Waals surface area contributed by atoms with Gasteiger partial charge in [-0.05, 0) is 97.2 Å². The summed E-state index contributed by atoms with van der Waals surface area (Å²) >= 11 is 0. The van der Waals surface area contributed by atoms with Crippen molar-refractivity contribution in [3.05, 3.63) is 146 Å². The highest BCUT2D eigenvalue weighted by atomic mass is 14.6. The van der Waals surface area contributed by atoms with E-state index >= 15 is 0 Å². The van der Waals surface area contributed by atoms with Gasteiger partial charge in [-0.25, -0.2) is 0 Å². The monoisotopic (exact) mass is 498 g/mol. The Balaban J connectivity index is 1.45. The topological polar surface area (TPSA) is 25.8 Å². The Hall–Kier alpha value is -5.08. The summed E-state index contributed by atoms with van der Waals surface area (Å²) in [5, 5.41) is 5.07. The van der Waals surface area contributed by atoms with Crippen molar-refractivity contribution in [2.75, 3.05) is 0 Å². The molecule has 0 aliphatic rings. The molecule has 0 saturated heterocycles.